The molecule has 0 saturated heterocycles. The molecule has 28 heavy (non-hydrogen) atoms. The second-order valence-corrected chi connectivity index (χ2v) is 6.23. The van der Waals surface area contributed by atoms with Gasteiger partial charge in [-0.3, -0.25) is 9.36 Å². The van der Waals surface area contributed by atoms with Gasteiger partial charge in [0, 0.05) is 42.7 Å². The maximum atomic E-state index is 12.3. The van der Waals surface area contributed by atoms with Crippen LogP contribution in [0.4, 0.5) is 4.79 Å². The van der Waals surface area contributed by atoms with Crippen LogP contribution in [-0.4, -0.2) is 37.8 Å². The number of hydrogen-bond donors (Lipinski definition) is 0. The zero-order valence-corrected chi connectivity index (χ0v) is 15.5. The molecule has 0 aliphatic heterocycles. The van der Waals surface area contributed by atoms with Gasteiger partial charge in [-0.1, -0.05) is 12.1 Å². The Morgan fingerprint density at radius 3 is 2.79 bits per heavy atom. The van der Waals surface area contributed by atoms with Crippen LogP contribution in [0.15, 0.2) is 49.2 Å². The number of carbonyl (C=O) groups excluding carboxylic acids is 2. The smallest absolute Gasteiger partial charge is 0.434 e. The van der Waals surface area contributed by atoms with Crippen LogP contribution in [-0.2, 0) is 11.3 Å². The van der Waals surface area contributed by atoms with E-state index in [4.69, 9.17) is 9.47 Å². The highest BCUT2D eigenvalue weighted by Crippen LogP contribution is 2.33. The molecule has 0 fully saturated rings. The molecule has 0 aliphatic carbocycles. The van der Waals surface area contributed by atoms with Crippen LogP contribution in [0.25, 0.3) is 21.8 Å². The van der Waals surface area contributed by atoms with Crippen molar-refractivity contribution >= 4 is 33.9 Å². The molecule has 0 bridgehead atoms. The number of carbonyl (C=O) groups is 2. The fourth-order valence-electron chi connectivity index (χ4n) is 3.36. The Bertz CT molecular complexity index is 1180. The highest BCUT2D eigenvalue weighted by Gasteiger charge is 2.18. The van der Waals surface area contributed by atoms with Gasteiger partial charge in [0.15, 0.2) is 0 Å². The maximum absolute atomic E-state index is 12.3. The minimum Gasteiger partial charge on any atom is -0.434 e. The molecule has 0 aliphatic rings. The lowest BCUT2D eigenvalue weighted by Crippen LogP contribution is -2.11. The number of ether oxygens (including phenoxy) is 2. The Labute approximate surface area is 160 Å². The van der Waals surface area contributed by atoms with Crippen LogP contribution < -0.4 is 4.74 Å². The van der Waals surface area contributed by atoms with Crippen molar-refractivity contribution in [3.05, 3.63) is 54.7 Å². The summed E-state index contributed by atoms with van der Waals surface area (Å²) in [4.78, 5) is 32.2. The average Bonchev–Trinajstić information content (AvgIpc) is 3.27. The summed E-state index contributed by atoms with van der Waals surface area (Å²) < 4.78 is 13.5. The van der Waals surface area contributed by atoms with E-state index in [-0.39, 0.29) is 18.4 Å². The number of hydrogen-bond acceptors (Lipinski definition) is 6. The molecule has 8 heteroatoms. The molecule has 0 N–H and O–H groups in total. The summed E-state index contributed by atoms with van der Waals surface area (Å²) in [6, 6.07) is 7.46. The number of rotatable bonds is 4. The molecule has 0 saturated carbocycles. The Morgan fingerprint density at radius 1 is 1.21 bits per heavy atom. The van der Waals surface area contributed by atoms with E-state index in [0.29, 0.717) is 12.1 Å². The molecule has 142 valence electrons. The molecule has 1 aromatic carbocycles. The number of imidazole rings is 1. The molecule has 8 nitrogen and oxygen atoms in total. The maximum Gasteiger partial charge on any atom is 0.515 e. The lowest BCUT2D eigenvalue weighted by molar-refractivity contribution is 0.0944. The minimum absolute atomic E-state index is 0.117. The van der Waals surface area contributed by atoms with Crippen molar-refractivity contribution < 1.29 is 19.1 Å². The van der Waals surface area contributed by atoms with Crippen LogP contribution in [0.3, 0.4) is 0 Å². The van der Waals surface area contributed by atoms with E-state index in [2.05, 4.69) is 9.97 Å². The predicted molar refractivity (Wildman–Crippen MR) is 103 cm³/mol. The van der Waals surface area contributed by atoms with Gasteiger partial charge in [-0.25, -0.2) is 14.8 Å². The van der Waals surface area contributed by atoms with Crippen LogP contribution in [0, 0.1) is 0 Å². The van der Waals surface area contributed by atoms with Gasteiger partial charge in [-0.15, -0.1) is 0 Å². The Hall–Kier alpha value is -3.68. The molecule has 0 unspecified atom stereocenters. The third-order valence-electron chi connectivity index (χ3n) is 4.41. The van der Waals surface area contributed by atoms with Gasteiger partial charge < -0.3 is 14.0 Å². The van der Waals surface area contributed by atoms with Gasteiger partial charge in [0.1, 0.15) is 0 Å². The predicted octanol–water partition coefficient (Wildman–Crippen LogP) is 3.63. The van der Waals surface area contributed by atoms with Crippen molar-refractivity contribution in [3.8, 4) is 5.88 Å². The zero-order chi connectivity index (χ0) is 19.7. The number of benzene rings is 1. The molecular weight excluding hydrogens is 360 g/mol. The van der Waals surface area contributed by atoms with E-state index in [1.165, 1.54) is 13.1 Å². The van der Waals surface area contributed by atoms with Crippen molar-refractivity contribution in [2.45, 2.75) is 20.4 Å². The van der Waals surface area contributed by atoms with Crippen LogP contribution in [0.1, 0.15) is 24.2 Å². The topological polar surface area (TPSA) is 88.2 Å². The summed E-state index contributed by atoms with van der Waals surface area (Å²) >= 11 is 0. The van der Waals surface area contributed by atoms with Crippen LogP contribution in [0.5, 0.6) is 5.88 Å². The van der Waals surface area contributed by atoms with E-state index >= 15 is 0 Å². The molecule has 4 rings (SSSR count). The Kier molecular flexibility index (Phi) is 4.52. The van der Waals surface area contributed by atoms with Crippen molar-refractivity contribution in [3.63, 3.8) is 0 Å². The van der Waals surface area contributed by atoms with E-state index in [9.17, 15) is 9.59 Å². The van der Waals surface area contributed by atoms with Crippen molar-refractivity contribution in [1.29, 1.82) is 0 Å². The summed E-state index contributed by atoms with van der Waals surface area (Å²) in [6.45, 7) is 4.00. The van der Waals surface area contributed by atoms with Gasteiger partial charge in [0.05, 0.1) is 30.2 Å². The lowest BCUT2D eigenvalue weighted by atomic mass is 10.1. The van der Waals surface area contributed by atoms with E-state index in [1.54, 1.807) is 30.1 Å². The largest absolute Gasteiger partial charge is 0.515 e. The molecule has 0 spiro atoms. The first kappa shape index (κ1) is 17.7. The minimum atomic E-state index is -0.816. The number of nitrogens with zero attached hydrogens (tertiary/aromatic N) is 4. The summed E-state index contributed by atoms with van der Waals surface area (Å²) in [5, 5.41) is 1.67. The molecule has 0 radical (unpaired) electrons. The van der Waals surface area contributed by atoms with Crippen molar-refractivity contribution in [1.82, 2.24) is 19.1 Å². The van der Waals surface area contributed by atoms with Crippen LogP contribution in [0.2, 0.25) is 0 Å². The monoisotopic (exact) mass is 378 g/mol. The fourth-order valence-corrected chi connectivity index (χ4v) is 3.36. The van der Waals surface area contributed by atoms with Gasteiger partial charge in [0.2, 0.25) is 11.8 Å². The summed E-state index contributed by atoms with van der Waals surface area (Å²) in [5.74, 6) is -0.00775. The number of aromatic nitrogens is 4. The third kappa shape index (κ3) is 3.09. The first-order valence-corrected chi connectivity index (χ1v) is 8.81. The standard InChI is InChI=1S/C20H18N4O4/c1-3-27-20(26)28-18-9-15-17(10-22-18)24(13(2)25)16-6-4-5-14(19(15)16)11-23-8-7-21-12-23/h4-10,12H,3,11H2,1-2H3. The van der Waals surface area contributed by atoms with E-state index in [1.807, 2.05) is 29.0 Å². The first-order valence-electron chi connectivity index (χ1n) is 8.81. The second kappa shape index (κ2) is 7.15. The fraction of sp³-hybridized carbons (Fsp3) is 0.200. The summed E-state index contributed by atoms with van der Waals surface area (Å²) in [6.07, 6.45) is 6.04. The van der Waals surface area contributed by atoms with Gasteiger partial charge in [0.25, 0.3) is 0 Å². The van der Waals surface area contributed by atoms with E-state index < -0.39 is 6.16 Å². The summed E-state index contributed by atoms with van der Waals surface area (Å²) in [5.41, 5.74) is 2.43. The SMILES string of the molecule is CCOC(=O)Oc1cc2c3c(Cn4ccnc4)cccc3n(C(C)=O)c2cn1. The van der Waals surface area contributed by atoms with Crippen molar-refractivity contribution in [2.24, 2.45) is 0 Å². The van der Waals surface area contributed by atoms with E-state index in [0.717, 1.165) is 21.9 Å². The summed E-state index contributed by atoms with van der Waals surface area (Å²) in [7, 11) is 0. The Morgan fingerprint density at radius 2 is 2.07 bits per heavy atom. The molecule has 4 aromatic rings. The van der Waals surface area contributed by atoms with Crippen LogP contribution >= 0.6 is 0 Å². The highest BCUT2D eigenvalue weighted by molar-refractivity contribution is 6.14. The van der Waals surface area contributed by atoms with Gasteiger partial charge >= 0.3 is 6.16 Å². The second-order valence-electron chi connectivity index (χ2n) is 6.23. The quantitative estimate of drug-likeness (QED) is 0.504. The number of fused-ring (bicyclic) bond motifs is 3. The van der Waals surface area contributed by atoms with Crippen molar-refractivity contribution in [2.75, 3.05) is 6.61 Å². The first-order chi connectivity index (χ1) is 13.6. The average molecular weight is 378 g/mol. The molecule has 0 amide bonds. The zero-order valence-electron chi connectivity index (χ0n) is 15.5. The normalized spacial score (nSPS) is 11.1. The molecular formula is C20H18N4O4. The molecule has 0 atom stereocenters. The van der Waals surface area contributed by atoms with Gasteiger partial charge in [-0.2, -0.15) is 0 Å². The highest BCUT2D eigenvalue weighted by atomic mass is 16.7. The third-order valence-corrected chi connectivity index (χ3v) is 4.41. The van der Waals surface area contributed by atoms with Gasteiger partial charge in [-0.05, 0) is 18.6 Å². The number of pyridine rings is 1. The molecule has 3 aromatic heterocycles. The molecule has 3 heterocycles. The Balaban J connectivity index is 1.92. The lowest BCUT2D eigenvalue weighted by Gasteiger charge is -2.06.